The zero-order valence-corrected chi connectivity index (χ0v) is 9.12. The Bertz CT molecular complexity index is 432. The Kier molecular flexibility index (Phi) is 3.31. The van der Waals surface area contributed by atoms with Crippen LogP contribution < -0.4 is 5.73 Å². The van der Waals surface area contributed by atoms with Crippen LogP contribution in [0.2, 0.25) is 0 Å². The number of allylic oxidation sites excluding steroid dienone is 1. The maximum Gasteiger partial charge on any atom is 0.132 e. The second-order valence-electron chi connectivity index (χ2n) is 3.16. The smallest absolute Gasteiger partial charge is 0.132 e. The molecule has 1 aromatic rings. The topological polar surface area (TPSA) is 49.9 Å². The molecule has 1 aromatic carbocycles. The molecular formula is C11H11FN2S. The molecule has 15 heavy (non-hydrogen) atoms. The summed E-state index contributed by atoms with van der Waals surface area (Å²) in [6.45, 7) is 5.14. The van der Waals surface area contributed by atoms with E-state index in [1.165, 1.54) is 6.07 Å². The van der Waals surface area contributed by atoms with Gasteiger partial charge in [0.1, 0.15) is 5.82 Å². The van der Waals surface area contributed by atoms with Crippen LogP contribution in [0.4, 0.5) is 4.39 Å². The minimum absolute atomic E-state index is 0.0441. The van der Waals surface area contributed by atoms with E-state index in [1.807, 2.05) is 0 Å². The van der Waals surface area contributed by atoms with Crippen LogP contribution in [0.1, 0.15) is 11.1 Å². The largest absolute Gasteiger partial charge is 0.397 e. The molecule has 1 rings (SSSR count). The standard InChI is InChI=1S/C11H11FN2S/c1-6-4-3-5-8(12)9(6)11(15)10(14)7(2)13/h3-5,14H,2,13H2,1H3. The number of halogens is 1. The van der Waals surface area contributed by atoms with Crippen LogP contribution in [0.15, 0.2) is 30.5 Å². The van der Waals surface area contributed by atoms with E-state index >= 15 is 0 Å². The van der Waals surface area contributed by atoms with Crippen molar-refractivity contribution in [1.29, 1.82) is 5.41 Å². The first-order valence-electron chi connectivity index (χ1n) is 4.28. The maximum absolute atomic E-state index is 13.5. The molecule has 0 heterocycles. The monoisotopic (exact) mass is 222 g/mol. The molecule has 4 heteroatoms. The van der Waals surface area contributed by atoms with Crippen LogP contribution in [0.5, 0.6) is 0 Å². The minimum Gasteiger partial charge on any atom is -0.397 e. The molecule has 0 atom stereocenters. The first kappa shape index (κ1) is 11.5. The van der Waals surface area contributed by atoms with Crippen LogP contribution in [0, 0.1) is 18.2 Å². The highest BCUT2D eigenvalue weighted by atomic mass is 32.1. The van der Waals surface area contributed by atoms with E-state index in [4.69, 9.17) is 23.4 Å². The van der Waals surface area contributed by atoms with Gasteiger partial charge in [-0.3, -0.25) is 5.41 Å². The van der Waals surface area contributed by atoms with E-state index in [2.05, 4.69) is 6.58 Å². The average molecular weight is 222 g/mol. The summed E-state index contributed by atoms with van der Waals surface area (Å²) in [7, 11) is 0. The molecule has 78 valence electrons. The molecule has 3 N–H and O–H groups in total. The Morgan fingerprint density at radius 2 is 2.13 bits per heavy atom. The van der Waals surface area contributed by atoms with E-state index in [9.17, 15) is 4.39 Å². The number of benzene rings is 1. The van der Waals surface area contributed by atoms with Gasteiger partial charge in [-0.1, -0.05) is 30.9 Å². The molecule has 0 amide bonds. The van der Waals surface area contributed by atoms with Gasteiger partial charge in [-0.15, -0.1) is 0 Å². The molecule has 2 nitrogen and oxygen atoms in total. The van der Waals surface area contributed by atoms with Crippen molar-refractivity contribution < 1.29 is 4.39 Å². The van der Waals surface area contributed by atoms with Crippen LogP contribution in [0.25, 0.3) is 0 Å². The molecule has 0 aliphatic carbocycles. The van der Waals surface area contributed by atoms with E-state index in [0.717, 1.165) is 0 Å². The second-order valence-corrected chi connectivity index (χ2v) is 3.57. The lowest BCUT2D eigenvalue weighted by Gasteiger charge is -2.09. The number of aryl methyl sites for hydroxylation is 1. The third-order valence-electron chi connectivity index (χ3n) is 2.00. The van der Waals surface area contributed by atoms with Crippen molar-refractivity contribution in [3.63, 3.8) is 0 Å². The Morgan fingerprint density at radius 1 is 1.53 bits per heavy atom. The quantitative estimate of drug-likeness (QED) is 0.468. The normalized spacial score (nSPS) is 9.73. The molecule has 0 aliphatic rings. The first-order chi connectivity index (χ1) is 6.95. The fourth-order valence-corrected chi connectivity index (χ4v) is 1.58. The van der Waals surface area contributed by atoms with Crippen molar-refractivity contribution >= 4 is 22.8 Å². The lowest BCUT2D eigenvalue weighted by Crippen LogP contribution is -2.20. The lowest BCUT2D eigenvalue weighted by molar-refractivity contribution is 0.624. The number of hydrogen-bond acceptors (Lipinski definition) is 3. The minimum atomic E-state index is -0.439. The van der Waals surface area contributed by atoms with Gasteiger partial charge in [-0.05, 0) is 18.6 Å². The zero-order valence-electron chi connectivity index (χ0n) is 8.30. The van der Waals surface area contributed by atoms with E-state index in [1.54, 1.807) is 19.1 Å². The van der Waals surface area contributed by atoms with Crippen LogP contribution >= 0.6 is 12.2 Å². The Labute approximate surface area is 93.1 Å². The number of hydrogen-bond donors (Lipinski definition) is 2. The summed E-state index contributed by atoms with van der Waals surface area (Å²) in [6.07, 6.45) is 0. The molecule has 0 aliphatic heterocycles. The summed E-state index contributed by atoms with van der Waals surface area (Å²) in [5.41, 5.74) is 6.23. The number of nitrogens with one attached hydrogen (secondary N) is 1. The summed E-state index contributed by atoms with van der Waals surface area (Å²) < 4.78 is 13.5. The van der Waals surface area contributed by atoms with Gasteiger partial charge < -0.3 is 5.73 Å². The molecule has 0 radical (unpaired) electrons. The molecular weight excluding hydrogens is 211 g/mol. The van der Waals surface area contributed by atoms with Gasteiger partial charge in [0.2, 0.25) is 0 Å². The Balaban J connectivity index is 3.23. The predicted octanol–water partition coefficient (Wildman–Crippen LogP) is 2.34. The maximum atomic E-state index is 13.5. The summed E-state index contributed by atoms with van der Waals surface area (Å²) in [4.78, 5) is 0.0955. The van der Waals surface area contributed by atoms with Crippen molar-refractivity contribution in [3.05, 3.63) is 47.4 Å². The highest BCUT2D eigenvalue weighted by Gasteiger charge is 2.15. The van der Waals surface area contributed by atoms with Gasteiger partial charge in [-0.25, -0.2) is 4.39 Å². The molecule has 0 fully saturated rings. The molecule has 0 unspecified atom stereocenters. The van der Waals surface area contributed by atoms with Crippen molar-refractivity contribution in [2.45, 2.75) is 6.92 Å². The summed E-state index contributed by atoms with van der Waals surface area (Å²) in [5, 5.41) is 7.55. The highest BCUT2D eigenvalue weighted by molar-refractivity contribution is 7.82. The van der Waals surface area contributed by atoms with Gasteiger partial charge in [-0.2, -0.15) is 0 Å². The van der Waals surface area contributed by atoms with Crippen molar-refractivity contribution in [3.8, 4) is 0 Å². The molecule has 0 saturated carbocycles. The van der Waals surface area contributed by atoms with Crippen molar-refractivity contribution in [2.75, 3.05) is 0 Å². The van der Waals surface area contributed by atoms with E-state index in [0.29, 0.717) is 5.56 Å². The van der Waals surface area contributed by atoms with Crippen molar-refractivity contribution in [1.82, 2.24) is 0 Å². The summed E-state index contributed by atoms with van der Waals surface area (Å²) >= 11 is 4.99. The van der Waals surface area contributed by atoms with Crippen LogP contribution in [0.3, 0.4) is 0 Å². The Morgan fingerprint density at radius 3 is 2.60 bits per heavy atom. The van der Waals surface area contributed by atoms with Gasteiger partial charge in [0, 0.05) is 5.56 Å². The number of thiocarbonyl (C=S) groups is 1. The average Bonchev–Trinajstić information content (AvgIpc) is 2.15. The van der Waals surface area contributed by atoms with Gasteiger partial charge in [0.15, 0.2) is 0 Å². The van der Waals surface area contributed by atoms with E-state index in [-0.39, 0.29) is 21.8 Å². The van der Waals surface area contributed by atoms with Gasteiger partial charge >= 0.3 is 0 Å². The fraction of sp³-hybridized carbons (Fsp3) is 0.0909. The molecule has 0 spiro atoms. The number of rotatable bonds is 3. The Hall–Kier alpha value is -1.55. The molecule has 0 saturated heterocycles. The van der Waals surface area contributed by atoms with Gasteiger partial charge in [0.25, 0.3) is 0 Å². The SMILES string of the molecule is C=C(N)C(=N)C(=S)c1c(C)cccc1F. The summed E-state index contributed by atoms with van der Waals surface area (Å²) in [6, 6.07) is 4.64. The lowest BCUT2D eigenvalue weighted by atomic mass is 10.0. The van der Waals surface area contributed by atoms with Gasteiger partial charge in [0.05, 0.1) is 16.3 Å². The fourth-order valence-electron chi connectivity index (χ4n) is 1.19. The van der Waals surface area contributed by atoms with E-state index < -0.39 is 5.82 Å². The highest BCUT2D eigenvalue weighted by Crippen LogP contribution is 2.15. The predicted molar refractivity (Wildman–Crippen MR) is 63.9 cm³/mol. The summed E-state index contributed by atoms with van der Waals surface area (Å²) in [5.74, 6) is -0.439. The third kappa shape index (κ3) is 2.27. The number of nitrogens with two attached hydrogens (primary N) is 1. The van der Waals surface area contributed by atoms with Crippen LogP contribution in [-0.2, 0) is 0 Å². The van der Waals surface area contributed by atoms with Crippen molar-refractivity contribution in [2.24, 2.45) is 5.73 Å². The zero-order chi connectivity index (χ0) is 11.6. The first-order valence-corrected chi connectivity index (χ1v) is 4.69. The van der Waals surface area contributed by atoms with Crippen LogP contribution in [-0.4, -0.2) is 10.6 Å². The second kappa shape index (κ2) is 4.31. The molecule has 0 aromatic heterocycles. The third-order valence-corrected chi connectivity index (χ3v) is 2.41. The molecule has 0 bridgehead atoms.